The summed E-state index contributed by atoms with van der Waals surface area (Å²) in [5.41, 5.74) is 5.26. The van der Waals surface area contributed by atoms with Crippen LogP contribution >= 0.6 is 11.6 Å². The van der Waals surface area contributed by atoms with Crippen molar-refractivity contribution in [2.45, 2.75) is 0 Å². The molecule has 10 heavy (non-hydrogen) atoms. The van der Waals surface area contributed by atoms with Gasteiger partial charge in [0.15, 0.2) is 0 Å². The van der Waals surface area contributed by atoms with Gasteiger partial charge in [-0.2, -0.15) is 0 Å². The molecule has 2 N–H and O–H groups in total. The zero-order valence-corrected chi connectivity index (χ0v) is 5.92. The van der Waals surface area contributed by atoms with Crippen molar-refractivity contribution in [1.29, 1.82) is 5.26 Å². The van der Waals surface area contributed by atoms with Gasteiger partial charge in [0.1, 0.15) is 11.0 Å². The Labute approximate surface area is 64.1 Å². The topological polar surface area (TPSA) is 62.7 Å². The van der Waals surface area contributed by atoms with Gasteiger partial charge >= 0.3 is 0 Å². The molecule has 3 nitrogen and oxygen atoms in total. The van der Waals surface area contributed by atoms with Crippen molar-refractivity contribution in [2.75, 3.05) is 5.73 Å². The van der Waals surface area contributed by atoms with Crippen LogP contribution in [0.25, 0.3) is 0 Å². The Bertz CT molecular complexity index is 204. The Morgan fingerprint density at radius 2 is 2.10 bits per heavy atom. The molecule has 0 atom stereocenters. The van der Waals surface area contributed by atoms with E-state index in [0.717, 1.165) is 0 Å². The van der Waals surface area contributed by atoms with E-state index >= 15 is 0 Å². The van der Waals surface area contributed by atoms with Crippen LogP contribution in [0.5, 0.6) is 0 Å². The van der Waals surface area contributed by atoms with E-state index < -0.39 is 0 Å². The molecule has 0 aliphatic rings. The maximum atomic E-state index is 6.50. The minimum absolute atomic E-state index is 0.435. The molecule has 0 amide bonds. The van der Waals surface area contributed by atoms with Crippen LogP contribution < -0.4 is 5.73 Å². The number of aromatic nitrogens is 1. The predicted molar refractivity (Wildman–Crippen MR) is 40.3 cm³/mol. The zero-order valence-electron chi connectivity index (χ0n) is 5.16. The van der Waals surface area contributed by atoms with Gasteiger partial charge in [0.25, 0.3) is 0 Å². The van der Waals surface area contributed by atoms with Crippen molar-refractivity contribution in [3.63, 3.8) is 0 Å². The third-order valence-corrected chi connectivity index (χ3v) is 0.947. The number of nitrogen functional groups attached to an aromatic ring is 1. The lowest BCUT2D eigenvalue weighted by Crippen LogP contribution is -1.87. The maximum Gasteiger partial charge on any atom is 0.131 e. The van der Waals surface area contributed by atoms with E-state index in [0.29, 0.717) is 11.0 Å². The summed E-state index contributed by atoms with van der Waals surface area (Å²) in [6, 6.07) is 5.12. The average Bonchev–Trinajstić information content (AvgIpc) is 1.91. The van der Waals surface area contributed by atoms with Gasteiger partial charge in [-0.1, -0.05) is 17.7 Å². The highest BCUT2D eigenvalue weighted by atomic mass is 35.5. The lowest BCUT2D eigenvalue weighted by Gasteiger charge is -1.88. The number of nitrogens with two attached hydrogens (primary N) is 1. The second-order valence-corrected chi connectivity index (χ2v) is 1.77. The number of halogens is 1. The quantitative estimate of drug-likeness (QED) is 0.577. The molecule has 1 aromatic heterocycles. The van der Waals surface area contributed by atoms with E-state index in [1.807, 2.05) is 0 Å². The molecule has 0 fully saturated rings. The van der Waals surface area contributed by atoms with Crippen molar-refractivity contribution in [2.24, 2.45) is 0 Å². The summed E-state index contributed by atoms with van der Waals surface area (Å²) in [6.07, 6.45) is 0. The Balaban J connectivity index is 0.000000371. The van der Waals surface area contributed by atoms with Crippen LogP contribution in [0.2, 0.25) is 5.15 Å². The number of hydrogen-bond acceptors (Lipinski definition) is 3. The third kappa shape index (κ3) is 2.90. The number of pyridine rings is 1. The summed E-state index contributed by atoms with van der Waals surface area (Å²) in [6.45, 7) is 3.50. The molecule has 0 unspecified atom stereocenters. The highest BCUT2D eigenvalue weighted by molar-refractivity contribution is 6.29. The second-order valence-electron chi connectivity index (χ2n) is 1.39. The summed E-state index contributed by atoms with van der Waals surface area (Å²) >= 11 is 5.45. The molecular formula is C6H6ClN3. The first-order valence-corrected chi connectivity index (χ1v) is 2.81. The van der Waals surface area contributed by atoms with Crippen molar-refractivity contribution >= 4 is 17.4 Å². The van der Waals surface area contributed by atoms with Gasteiger partial charge < -0.3 is 5.73 Å². The van der Waals surface area contributed by atoms with Crippen LogP contribution in [0.15, 0.2) is 18.2 Å². The molecule has 4 heteroatoms. The maximum absolute atomic E-state index is 6.50. The molecule has 0 bridgehead atoms. The third-order valence-electron chi connectivity index (χ3n) is 0.737. The van der Waals surface area contributed by atoms with E-state index in [2.05, 4.69) is 11.6 Å². The molecule has 1 rings (SSSR count). The number of anilines is 1. The molecule has 0 saturated carbocycles. The number of nitrogens with zero attached hydrogens (tertiary/aromatic N) is 2. The van der Waals surface area contributed by atoms with Crippen molar-refractivity contribution in [1.82, 2.24) is 4.98 Å². The Morgan fingerprint density at radius 1 is 1.50 bits per heavy atom. The molecule has 1 heterocycles. The van der Waals surface area contributed by atoms with Gasteiger partial charge in [0.05, 0.1) is 0 Å². The highest BCUT2D eigenvalue weighted by Gasteiger charge is 1.84. The first-order chi connectivity index (χ1) is 4.79. The Hall–Kier alpha value is -1.27. The molecule has 52 valence electrons. The summed E-state index contributed by atoms with van der Waals surface area (Å²) < 4.78 is 0. The van der Waals surface area contributed by atoms with Crippen molar-refractivity contribution < 1.29 is 0 Å². The van der Waals surface area contributed by atoms with Crippen LogP contribution in [0.4, 0.5) is 5.82 Å². The van der Waals surface area contributed by atoms with Crippen molar-refractivity contribution in [3.8, 4) is 6.57 Å². The van der Waals surface area contributed by atoms with Crippen LogP contribution in [-0.4, -0.2) is 4.98 Å². The van der Waals surface area contributed by atoms with Crippen molar-refractivity contribution in [3.05, 3.63) is 23.4 Å². The van der Waals surface area contributed by atoms with E-state index in [1.54, 1.807) is 18.2 Å². The van der Waals surface area contributed by atoms with Crippen LogP contribution in [-0.2, 0) is 0 Å². The molecule has 0 aliphatic heterocycles. The summed E-state index contributed by atoms with van der Waals surface area (Å²) in [5.74, 6) is 0.456. The smallest absolute Gasteiger partial charge is 0.131 e. The first kappa shape index (κ1) is 8.73. The highest BCUT2D eigenvalue weighted by Crippen LogP contribution is 2.04. The van der Waals surface area contributed by atoms with Gasteiger partial charge in [-0.15, -0.1) is 0 Å². The van der Waals surface area contributed by atoms with E-state index in [4.69, 9.17) is 22.6 Å². The van der Waals surface area contributed by atoms with Gasteiger partial charge in [-0.25, -0.2) is 10.2 Å². The lowest BCUT2D eigenvalue weighted by atomic mass is 10.5. The van der Waals surface area contributed by atoms with Crippen LogP contribution in [0.3, 0.4) is 0 Å². The first-order valence-electron chi connectivity index (χ1n) is 2.43. The van der Waals surface area contributed by atoms with Crippen LogP contribution in [0, 0.1) is 11.8 Å². The van der Waals surface area contributed by atoms with Gasteiger partial charge in [-0.05, 0) is 12.1 Å². The normalized spacial score (nSPS) is 7.50. The molecule has 0 spiro atoms. The zero-order chi connectivity index (χ0) is 7.98. The molecule has 0 aromatic carbocycles. The summed E-state index contributed by atoms with van der Waals surface area (Å²) in [4.78, 5) is 3.72. The largest absolute Gasteiger partial charge is 0.384 e. The standard InChI is InChI=1S/C5H5ClN2.CHN/c6-4-2-1-3-5(7)8-4;1-2/h1-3H,(H2,7,8);1H. The fourth-order valence-corrected chi connectivity index (χ4v) is 0.594. The predicted octanol–water partition coefficient (Wildman–Crippen LogP) is 1.46. The SMILES string of the molecule is C#N.Nc1cccc(Cl)n1. The minimum atomic E-state index is 0.435. The monoisotopic (exact) mass is 155 g/mol. The molecule has 0 saturated heterocycles. The lowest BCUT2D eigenvalue weighted by molar-refractivity contribution is 1.34. The summed E-state index contributed by atoms with van der Waals surface area (Å²) in [5, 5.41) is 6.94. The van der Waals surface area contributed by atoms with Gasteiger partial charge in [0.2, 0.25) is 0 Å². The molecule has 0 aliphatic carbocycles. The van der Waals surface area contributed by atoms with E-state index in [9.17, 15) is 0 Å². The number of rotatable bonds is 0. The molecule has 0 radical (unpaired) electrons. The fraction of sp³-hybridized carbons (Fsp3) is 0. The van der Waals surface area contributed by atoms with Gasteiger partial charge in [0, 0.05) is 6.57 Å². The summed E-state index contributed by atoms with van der Waals surface area (Å²) in [7, 11) is 0. The molecular weight excluding hydrogens is 150 g/mol. The molecule has 1 aromatic rings. The fourth-order valence-electron chi connectivity index (χ4n) is 0.424. The van der Waals surface area contributed by atoms with Crippen LogP contribution in [0.1, 0.15) is 0 Å². The van der Waals surface area contributed by atoms with E-state index in [1.165, 1.54) is 0 Å². The average molecular weight is 156 g/mol. The minimum Gasteiger partial charge on any atom is -0.384 e. The number of hydrogen-bond donors (Lipinski definition) is 1. The van der Waals surface area contributed by atoms with Gasteiger partial charge in [-0.3, -0.25) is 0 Å². The second kappa shape index (κ2) is 4.59. The van der Waals surface area contributed by atoms with E-state index in [-0.39, 0.29) is 0 Å². The Morgan fingerprint density at radius 3 is 2.40 bits per heavy atom. The Kier molecular flexibility index (Phi) is 4.01. The number of nitriles is 1.